The number of hydrogen-bond acceptors (Lipinski definition) is 0. The number of aryl methyl sites for hydroxylation is 3. The molecule has 0 atom stereocenters. The number of hydrogen-bond donors (Lipinski definition) is 0. The second kappa shape index (κ2) is 5.21. The summed E-state index contributed by atoms with van der Waals surface area (Å²) in [7, 11) is 0. The Morgan fingerprint density at radius 1 is 0.737 bits per heavy atom. The first-order valence-corrected chi connectivity index (χ1v) is 7.01. The van der Waals surface area contributed by atoms with Crippen LogP contribution < -0.4 is 0 Å². The topological polar surface area (TPSA) is 0 Å². The van der Waals surface area contributed by atoms with Gasteiger partial charge in [-0.2, -0.15) is 0 Å². The van der Waals surface area contributed by atoms with Crippen molar-refractivity contribution in [1.29, 1.82) is 0 Å². The van der Waals surface area contributed by atoms with Gasteiger partial charge >= 0.3 is 0 Å². The Bertz CT molecular complexity index is 539. The van der Waals surface area contributed by atoms with Crippen LogP contribution in [0.25, 0.3) is 0 Å². The fourth-order valence-corrected chi connectivity index (χ4v) is 2.79. The zero-order valence-electron chi connectivity index (χ0n) is 12.7. The molecule has 2 rings (SSSR count). The summed E-state index contributed by atoms with van der Waals surface area (Å²) in [5, 5.41) is 0. The van der Waals surface area contributed by atoms with Crippen LogP contribution in [0.5, 0.6) is 0 Å². The third kappa shape index (κ3) is 3.47. The third-order valence-electron chi connectivity index (χ3n) is 3.76. The van der Waals surface area contributed by atoms with Gasteiger partial charge in [0.2, 0.25) is 0 Å². The van der Waals surface area contributed by atoms with E-state index >= 15 is 0 Å². The lowest BCUT2D eigenvalue weighted by molar-refractivity contribution is 0.522. The first-order chi connectivity index (χ1) is 8.87. The molecule has 19 heavy (non-hydrogen) atoms. The Hall–Kier alpha value is -1.56. The van der Waals surface area contributed by atoms with Gasteiger partial charge in [0.1, 0.15) is 0 Å². The predicted molar refractivity (Wildman–Crippen MR) is 83.8 cm³/mol. The molecule has 0 radical (unpaired) electrons. The minimum Gasteiger partial charge on any atom is -0.0590 e. The van der Waals surface area contributed by atoms with Crippen molar-refractivity contribution in [2.24, 2.45) is 0 Å². The van der Waals surface area contributed by atoms with Crippen LogP contribution >= 0.6 is 0 Å². The molecule has 0 saturated heterocycles. The Morgan fingerprint density at radius 2 is 1.26 bits per heavy atom. The molecule has 0 heteroatoms. The molecule has 0 aliphatic rings. The Morgan fingerprint density at radius 3 is 1.79 bits per heavy atom. The van der Waals surface area contributed by atoms with E-state index in [1.807, 2.05) is 0 Å². The highest BCUT2D eigenvalue weighted by Gasteiger charge is 2.21. The van der Waals surface area contributed by atoms with E-state index in [-0.39, 0.29) is 5.41 Å². The molecule has 0 unspecified atom stereocenters. The summed E-state index contributed by atoms with van der Waals surface area (Å²) in [5.41, 5.74) is 7.06. The molecule has 0 spiro atoms. The maximum atomic E-state index is 2.33. The van der Waals surface area contributed by atoms with Gasteiger partial charge in [0.05, 0.1) is 0 Å². The average molecular weight is 252 g/mol. The van der Waals surface area contributed by atoms with Crippen LogP contribution in [0, 0.1) is 20.8 Å². The fourth-order valence-electron chi connectivity index (χ4n) is 2.79. The first kappa shape index (κ1) is 13.9. The lowest BCUT2D eigenvalue weighted by Crippen LogP contribution is -2.20. The number of benzene rings is 2. The summed E-state index contributed by atoms with van der Waals surface area (Å²) in [6, 6.07) is 15.8. The van der Waals surface area contributed by atoms with Gasteiger partial charge in [-0.1, -0.05) is 73.0 Å². The van der Waals surface area contributed by atoms with Gasteiger partial charge in [-0.25, -0.2) is 0 Å². The fraction of sp³-hybridized carbons (Fsp3) is 0.368. The van der Waals surface area contributed by atoms with E-state index in [1.54, 1.807) is 0 Å². The molecule has 0 saturated carbocycles. The predicted octanol–water partition coefficient (Wildman–Crippen LogP) is 5.13. The van der Waals surface area contributed by atoms with Crippen molar-refractivity contribution < 1.29 is 0 Å². The average Bonchev–Trinajstić information content (AvgIpc) is 2.27. The maximum Gasteiger partial charge on any atom is -0.00632 e. The summed E-state index contributed by atoms with van der Waals surface area (Å²) >= 11 is 0. The molecule has 100 valence electrons. The van der Waals surface area contributed by atoms with E-state index in [9.17, 15) is 0 Å². The zero-order valence-corrected chi connectivity index (χ0v) is 12.7. The van der Waals surface area contributed by atoms with Crippen LogP contribution in [0.2, 0.25) is 0 Å². The lowest BCUT2D eigenvalue weighted by Gasteiger charge is -2.26. The molecule has 2 aromatic carbocycles. The molecule has 0 amide bonds. The summed E-state index contributed by atoms with van der Waals surface area (Å²) in [5.74, 6) is 0. The Balaban J connectivity index is 2.27. The van der Waals surface area contributed by atoms with Crippen LogP contribution in [0.4, 0.5) is 0 Å². The van der Waals surface area contributed by atoms with Crippen molar-refractivity contribution in [2.45, 2.75) is 46.5 Å². The molecule has 0 bridgehead atoms. The zero-order chi connectivity index (χ0) is 14.0. The summed E-state index contributed by atoms with van der Waals surface area (Å²) < 4.78 is 0. The smallest absolute Gasteiger partial charge is 0.00632 e. The molecular weight excluding hydrogens is 228 g/mol. The van der Waals surface area contributed by atoms with Crippen molar-refractivity contribution in [3.8, 4) is 0 Å². The molecule has 0 aliphatic carbocycles. The van der Waals surface area contributed by atoms with Gasteiger partial charge in [-0.05, 0) is 43.7 Å². The van der Waals surface area contributed by atoms with Gasteiger partial charge in [0.25, 0.3) is 0 Å². The van der Waals surface area contributed by atoms with Crippen molar-refractivity contribution in [3.05, 3.63) is 70.3 Å². The van der Waals surface area contributed by atoms with E-state index in [4.69, 9.17) is 0 Å². The van der Waals surface area contributed by atoms with E-state index in [2.05, 4.69) is 77.1 Å². The second-order valence-electron chi connectivity index (χ2n) is 6.42. The number of rotatable bonds is 3. The molecule has 2 aromatic rings. The van der Waals surface area contributed by atoms with Crippen molar-refractivity contribution >= 4 is 0 Å². The Labute approximate surface area is 117 Å². The highest BCUT2D eigenvalue weighted by atomic mass is 14.2. The first-order valence-electron chi connectivity index (χ1n) is 7.01. The van der Waals surface area contributed by atoms with Crippen LogP contribution in [0.3, 0.4) is 0 Å². The van der Waals surface area contributed by atoms with E-state index < -0.39 is 0 Å². The van der Waals surface area contributed by atoms with E-state index in [0.29, 0.717) is 0 Å². The molecule has 0 aliphatic heterocycles. The van der Waals surface area contributed by atoms with E-state index in [0.717, 1.165) is 6.42 Å². The van der Waals surface area contributed by atoms with Gasteiger partial charge in [-0.3, -0.25) is 0 Å². The molecule has 0 aromatic heterocycles. The van der Waals surface area contributed by atoms with Crippen molar-refractivity contribution in [3.63, 3.8) is 0 Å². The quantitative estimate of drug-likeness (QED) is 0.710. The van der Waals surface area contributed by atoms with Gasteiger partial charge in [0.15, 0.2) is 0 Å². The van der Waals surface area contributed by atoms with Crippen molar-refractivity contribution in [2.75, 3.05) is 0 Å². The van der Waals surface area contributed by atoms with Crippen LogP contribution in [-0.4, -0.2) is 0 Å². The van der Waals surface area contributed by atoms with Gasteiger partial charge in [-0.15, -0.1) is 0 Å². The molecule has 0 N–H and O–H groups in total. The minimum absolute atomic E-state index is 0.175. The maximum absolute atomic E-state index is 2.33. The third-order valence-corrected chi connectivity index (χ3v) is 3.76. The SMILES string of the molecule is Cc1ccc(C(C)(C)Cc2cc(C)cc(C)c2)cc1. The van der Waals surface area contributed by atoms with Gasteiger partial charge in [0, 0.05) is 0 Å². The largest absolute Gasteiger partial charge is 0.0590 e. The minimum atomic E-state index is 0.175. The lowest BCUT2D eigenvalue weighted by atomic mass is 9.78. The summed E-state index contributed by atoms with van der Waals surface area (Å²) in [4.78, 5) is 0. The summed E-state index contributed by atoms with van der Waals surface area (Å²) in [6.07, 6.45) is 1.08. The second-order valence-corrected chi connectivity index (χ2v) is 6.42. The van der Waals surface area contributed by atoms with Crippen molar-refractivity contribution in [1.82, 2.24) is 0 Å². The van der Waals surface area contributed by atoms with Crippen LogP contribution in [0.15, 0.2) is 42.5 Å². The molecular formula is C19H24. The molecule has 0 nitrogen and oxygen atoms in total. The molecule has 0 fully saturated rings. The highest BCUT2D eigenvalue weighted by Crippen LogP contribution is 2.28. The standard InChI is InChI=1S/C19H24/c1-14-6-8-18(9-7-14)19(4,5)13-17-11-15(2)10-16(3)12-17/h6-12H,13H2,1-5H3. The highest BCUT2D eigenvalue weighted by molar-refractivity contribution is 5.33. The summed E-state index contributed by atoms with van der Waals surface area (Å²) in [6.45, 7) is 11.1. The van der Waals surface area contributed by atoms with Gasteiger partial charge < -0.3 is 0 Å². The molecule has 0 heterocycles. The normalized spacial score (nSPS) is 11.6. The van der Waals surface area contributed by atoms with E-state index in [1.165, 1.54) is 27.8 Å². The monoisotopic (exact) mass is 252 g/mol. The van der Waals surface area contributed by atoms with Crippen LogP contribution in [0.1, 0.15) is 41.7 Å². The van der Waals surface area contributed by atoms with Crippen LogP contribution in [-0.2, 0) is 11.8 Å². The Kier molecular flexibility index (Phi) is 3.80.